The number of rotatable bonds is 2. The molecule has 0 bridgehead atoms. The van der Waals surface area contributed by atoms with Crippen LogP contribution in [0, 0.1) is 11.3 Å². The Bertz CT molecular complexity index is 701. The molecule has 0 spiro atoms. The molecule has 1 heterocycles. The van der Waals surface area contributed by atoms with Gasteiger partial charge in [0.1, 0.15) is 5.92 Å². The maximum atomic E-state index is 9.48. The highest BCUT2D eigenvalue weighted by Crippen LogP contribution is 2.36. The van der Waals surface area contributed by atoms with Crippen molar-refractivity contribution < 1.29 is 0 Å². The van der Waals surface area contributed by atoms with Crippen LogP contribution in [0.3, 0.4) is 0 Å². The number of nitriles is 1. The number of hydrogen-bond acceptors (Lipinski definition) is 3. The van der Waals surface area contributed by atoms with Gasteiger partial charge in [-0.3, -0.25) is 4.99 Å². The Labute approximate surface area is 127 Å². The van der Waals surface area contributed by atoms with Crippen LogP contribution in [-0.4, -0.2) is 11.5 Å². The van der Waals surface area contributed by atoms with E-state index in [0.717, 1.165) is 22.7 Å². The molecule has 1 unspecified atom stereocenters. The van der Waals surface area contributed by atoms with E-state index in [9.17, 15) is 5.26 Å². The standard InChI is InChI=1S/C16H11ClN2S/c17-12-7-5-11(6-8-12)13(9-18)15-10-20-16-4-2-1-3-14(16)19-15/h1-8,13H,10H2. The Balaban J connectivity index is 1.97. The fraction of sp³-hybridized carbons (Fsp3) is 0.125. The van der Waals surface area contributed by atoms with Crippen LogP contribution in [0.25, 0.3) is 0 Å². The largest absolute Gasteiger partial charge is 0.254 e. The van der Waals surface area contributed by atoms with Gasteiger partial charge in [0.25, 0.3) is 0 Å². The molecule has 20 heavy (non-hydrogen) atoms. The number of thioether (sulfide) groups is 1. The summed E-state index contributed by atoms with van der Waals surface area (Å²) in [5.41, 5.74) is 2.79. The van der Waals surface area contributed by atoms with E-state index in [2.05, 4.69) is 17.1 Å². The molecule has 3 rings (SSSR count). The smallest absolute Gasteiger partial charge is 0.110 e. The third-order valence-electron chi connectivity index (χ3n) is 3.17. The average molecular weight is 299 g/mol. The fourth-order valence-electron chi connectivity index (χ4n) is 2.15. The minimum absolute atomic E-state index is 0.312. The predicted molar refractivity (Wildman–Crippen MR) is 84.1 cm³/mol. The second kappa shape index (κ2) is 5.70. The first-order valence-electron chi connectivity index (χ1n) is 6.22. The summed E-state index contributed by atoms with van der Waals surface area (Å²) in [6.45, 7) is 0. The molecule has 2 aromatic carbocycles. The Morgan fingerprint density at radius 1 is 1.15 bits per heavy atom. The maximum Gasteiger partial charge on any atom is 0.110 e. The van der Waals surface area contributed by atoms with Crippen LogP contribution in [0.5, 0.6) is 0 Å². The molecule has 1 aliphatic heterocycles. The van der Waals surface area contributed by atoms with Crippen molar-refractivity contribution in [1.29, 1.82) is 5.26 Å². The highest BCUT2D eigenvalue weighted by atomic mass is 35.5. The van der Waals surface area contributed by atoms with Crippen LogP contribution in [0.4, 0.5) is 5.69 Å². The number of para-hydroxylation sites is 1. The van der Waals surface area contributed by atoms with Gasteiger partial charge in [-0.25, -0.2) is 0 Å². The van der Waals surface area contributed by atoms with Crippen molar-refractivity contribution in [3.05, 3.63) is 59.1 Å². The first-order chi connectivity index (χ1) is 9.78. The lowest BCUT2D eigenvalue weighted by atomic mass is 9.96. The van der Waals surface area contributed by atoms with Crippen LogP contribution in [0.2, 0.25) is 5.02 Å². The second-order valence-corrected chi connectivity index (χ2v) is 5.93. The van der Waals surface area contributed by atoms with Crippen molar-refractivity contribution in [1.82, 2.24) is 0 Å². The molecular formula is C16H11ClN2S. The molecule has 0 amide bonds. The molecule has 2 aromatic rings. The summed E-state index contributed by atoms with van der Waals surface area (Å²) >= 11 is 7.63. The van der Waals surface area contributed by atoms with Crippen molar-refractivity contribution in [3.63, 3.8) is 0 Å². The van der Waals surface area contributed by atoms with E-state index in [0.29, 0.717) is 5.02 Å². The molecule has 1 atom stereocenters. The topological polar surface area (TPSA) is 36.1 Å². The third-order valence-corrected chi connectivity index (χ3v) is 4.52. The number of benzene rings is 2. The number of hydrogen-bond donors (Lipinski definition) is 0. The van der Waals surface area contributed by atoms with Crippen LogP contribution >= 0.6 is 23.4 Å². The SMILES string of the molecule is N#CC(C1=Nc2ccccc2SC1)c1ccc(Cl)cc1. The quantitative estimate of drug-likeness (QED) is 0.796. The van der Waals surface area contributed by atoms with Gasteiger partial charge < -0.3 is 0 Å². The Hall–Kier alpha value is -1.76. The second-order valence-electron chi connectivity index (χ2n) is 4.47. The van der Waals surface area contributed by atoms with Crippen LogP contribution in [0.1, 0.15) is 11.5 Å². The van der Waals surface area contributed by atoms with Gasteiger partial charge in [-0.2, -0.15) is 5.26 Å². The Morgan fingerprint density at radius 3 is 2.65 bits per heavy atom. The van der Waals surface area contributed by atoms with E-state index in [1.165, 1.54) is 4.90 Å². The van der Waals surface area contributed by atoms with E-state index in [1.807, 2.05) is 42.5 Å². The van der Waals surface area contributed by atoms with Gasteiger partial charge >= 0.3 is 0 Å². The average Bonchev–Trinajstić information content (AvgIpc) is 2.50. The number of fused-ring (bicyclic) bond motifs is 1. The minimum Gasteiger partial charge on any atom is -0.254 e. The Kier molecular flexibility index (Phi) is 3.77. The van der Waals surface area contributed by atoms with Gasteiger partial charge in [-0.15, -0.1) is 11.8 Å². The van der Waals surface area contributed by atoms with Crippen molar-refractivity contribution in [2.75, 3.05) is 5.75 Å². The molecule has 1 aliphatic rings. The Morgan fingerprint density at radius 2 is 1.90 bits per heavy atom. The summed E-state index contributed by atoms with van der Waals surface area (Å²) in [6, 6.07) is 17.8. The molecule has 0 aromatic heterocycles. The first kappa shape index (κ1) is 13.2. The normalized spacial score (nSPS) is 14.9. The fourth-order valence-corrected chi connectivity index (χ4v) is 3.25. The molecule has 0 saturated carbocycles. The van der Waals surface area contributed by atoms with Gasteiger partial charge in [0.2, 0.25) is 0 Å². The summed E-state index contributed by atoms with van der Waals surface area (Å²) in [5, 5.41) is 10.2. The number of nitrogens with zero attached hydrogens (tertiary/aromatic N) is 2. The van der Waals surface area contributed by atoms with Gasteiger partial charge in [-0.05, 0) is 29.8 Å². The lowest BCUT2D eigenvalue weighted by molar-refractivity contribution is 1.12. The van der Waals surface area contributed by atoms with E-state index in [4.69, 9.17) is 11.6 Å². The highest BCUT2D eigenvalue weighted by molar-refractivity contribution is 8.00. The molecule has 2 nitrogen and oxygen atoms in total. The summed E-state index contributed by atoms with van der Waals surface area (Å²) in [7, 11) is 0. The first-order valence-corrected chi connectivity index (χ1v) is 7.58. The third kappa shape index (κ3) is 2.58. The number of halogens is 1. The van der Waals surface area contributed by atoms with Crippen LogP contribution in [-0.2, 0) is 0 Å². The van der Waals surface area contributed by atoms with Crippen LogP contribution in [0.15, 0.2) is 58.4 Å². The van der Waals surface area contributed by atoms with E-state index >= 15 is 0 Å². The molecule has 0 fully saturated rings. The zero-order valence-electron chi connectivity index (χ0n) is 10.6. The van der Waals surface area contributed by atoms with Gasteiger partial charge in [0, 0.05) is 15.7 Å². The molecular weight excluding hydrogens is 288 g/mol. The zero-order chi connectivity index (χ0) is 13.9. The summed E-state index contributed by atoms with van der Waals surface area (Å²) < 4.78 is 0. The molecule has 4 heteroatoms. The minimum atomic E-state index is -0.312. The zero-order valence-corrected chi connectivity index (χ0v) is 12.2. The summed E-state index contributed by atoms with van der Waals surface area (Å²) in [5.74, 6) is 0.436. The van der Waals surface area contributed by atoms with Gasteiger partial charge in [0.15, 0.2) is 0 Å². The molecule has 0 radical (unpaired) electrons. The summed E-state index contributed by atoms with van der Waals surface area (Å²) in [6.07, 6.45) is 0. The van der Waals surface area contributed by atoms with Crippen molar-refractivity contribution in [3.8, 4) is 6.07 Å². The molecule has 0 N–H and O–H groups in total. The monoisotopic (exact) mass is 298 g/mol. The molecule has 98 valence electrons. The van der Waals surface area contributed by atoms with E-state index in [-0.39, 0.29) is 5.92 Å². The van der Waals surface area contributed by atoms with E-state index < -0.39 is 0 Å². The lowest BCUT2D eigenvalue weighted by Crippen LogP contribution is -2.15. The molecule has 0 saturated heterocycles. The van der Waals surface area contributed by atoms with Crippen molar-refractivity contribution in [2.24, 2.45) is 4.99 Å². The predicted octanol–water partition coefficient (Wildman–Crippen LogP) is 4.83. The highest BCUT2D eigenvalue weighted by Gasteiger charge is 2.22. The van der Waals surface area contributed by atoms with Crippen molar-refractivity contribution >= 4 is 34.8 Å². The number of aliphatic imine (C=N–C) groups is 1. The van der Waals surface area contributed by atoms with Crippen LogP contribution < -0.4 is 0 Å². The molecule has 0 aliphatic carbocycles. The van der Waals surface area contributed by atoms with Gasteiger partial charge in [0.05, 0.1) is 17.5 Å². The van der Waals surface area contributed by atoms with Crippen molar-refractivity contribution in [2.45, 2.75) is 10.8 Å². The summed E-state index contributed by atoms with van der Waals surface area (Å²) in [4.78, 5) is 5.83. The lowest BCUT2D eigenvalue weighted by Gasteiger charge is -2.18. The van der Waals surface area contributed by atoms with E-state index in [1.54, 1.807) is 11.8 Å². The maximum absolute atomic E-state index is 9.48. The van der Waals surface area contributed by atoms with Gasteiger partial charge in [-0.1, -0.05) is 35.9 Å².